The number of likely N-dealkylation sites (tertiary alicyclic amines) is 1. The van der Waals surface area contributed by atoms with E-state index >= 15 is 0 Å². The van der Waals surface area contributed by atoms with Crippen LogP contribution in [0, 0.1) is 19.8 Å². The number of piperidine rings is 1. The summed E-state index contributed by atoms with van der Waals surface area (Å²) in [5.74, 6) is -0.510. The fraction of sp³-hybridized carbons (Fsp3) is 0.333. The number of nitrogens with zero attached hydrogens (tertiary/aromatic N) is 4. The number of hydrogen-bond acceptors (Lipinski definition) is 4. The molecule has 2 amide bonds. The zero-order chi connectivity index (χ0) is 19.8. The molecule has 1 fully saturated rings. The van der Waals surface area contributed by atoms with Crippen LogP contribution in [0.2, 0.25) is 0 Å². The molecule has 2 N–H and O–H groups in total. The predicted molar refractivity (Wildman–Crippen MR) is 106 cm³/mol. The molecule has 7 heteroatoms. The number of fused-ring (bicyclic) bond motifs is 1. The number of benzene rings is 1. The smallest absolute Gasteiger partial charge is 0.257 e. The average Bonchev–Trinajstić information content (AvgIpc) is 3.05. The summed E-state index contributed by atoms with van der Waals surface area (Å²) in [5, 5.41) is 4.63. The Kier molecular flexibility index (Phi) is 4.58. The highest BCUT2D eigenvalue weighted by atomic mass is 16.2. The topological polar surface area (TPSA) is 93.6 Å². The van der Waals surface area contributed by atoms with Gasteiger partial charge in [-0.3, -0.25) is 9.59 Å². The zero-order valence-electron chi connectivity index (χ0n) is 16.1. The van der Waals surface area contributed by atoms with Gasteiger partial charge in [0.25, 0.3) is 5.91 Å². The van der Waals surface area contributed by atoms with Crippen LogP contribution in [0.3, 0.4) is 0 Å². The highest BCUT2D eigenvalue weighted by Crippen LogP contribution is 2.28. The van der Waals surface area contributed by atoms with Crippen LogP contribution in [-0.2, 0) is 4.79 Å². The van der Waals surface area contributed by atoms with E-state index in [9.17, 15) is 9.59 Å². The third kappa shape index (κ3) is 3.02. The fourth-order valence-electron chi connectivity index (χ4n) is 3.89. The monoisotopic (exact) mass is 377 g/mol. The third-order valence-corrected chi connectivity index (χ3v) is 5.54. The van der Waals surface area contributed by atoms with Crippen LogP contribution in [0.15, 0.2) is 36.5 Å². The number of aromatic nitrogens is 3. The van der Waals surface area contributed by atoms with Crippen LogP contribution in [0.1, 0.15) is 34.6 Å². The summed E-state index contributed by atoms with van der Waals surface area (Å²) in [6.45, 7) is 4.89. The van der Waals surface area contributed by atoms with Gasteiger partial charge in [0.1, 0.15) is 0 Å². The van der Waals surface area contributed by atoms with Crippen molar-refractivity contribution in [1.29, 1.82) is 0 Å². The number of carbonyl (C=O) groups is 2. The molecule has 1 aromatic carbocycles. The van der Waals surface area contributed by atoms with Gasteiger partial charge in [-0.25, -0.2) is 9.50 Å². The first-order valence-electron chi connectivity index (χ1n) is 9.46. The van der Waals surface area contributed by atoms with E-state index in [0.717, 1.165) is 28.2 Å². The summed E-state index contributed by atoms with van der Waals surface area (Å²) in [5.41, 5.74) is 10.3. The fourth-order valence-corrected chi connectivity index (χ4v) is 3.89. The normalized spacial score (nSPS) is 15.1. The highest BCUT2D eigenvalue weighted by molar-refractivity contribution is 5.96. The Morgan fingerprint density at radius 3 is 2.43 bits per heavy atom. The number of hydrogen-bond donors (Lipinski definition) is 1. The summed E-state index contributed by atoms with van der Waals surface area (Å²) in [6.07, 6.45) is 2.85. The number of nitrogens with two attached hydrogens (primary N) is 1. The molecular weight excluding hydrogens is 354 g/mol. The van der Waals surface area contributed by atoms with Gasteiger partial charge in [-0.1, -0.05) is 30.3 Å². The standard InChI is InChI=1S/C21H23N5O2/c1-13-18(15-6-4-3-5-7-15)20-23-12-17(14(2)26(20)24-13)21(28)25-10-8-16(9-11-25)19(22)27/h3-7,12,16H,8-11H2,1-2H3,(H2,22,27). The molecule has 1 aliphatic heterocycles. The highest BCUT2D eigenvalue weighted by Gasteiger charge is 2.28. The Morgan fingerprint density at radius 1 is 1.11 bits per heavy atom. The summed E-state index contributed by atoms with van der Waals surface area (Å²) in [7, 11) is 0. The lowest BCUT2D eigenvalue weighted by Gasteiger charge is -2.30. The molecular formula is C21H23N5O2. The minimum atomic E-state index is -0.285. The Hall–Kier alpha value is -3.22. The second-order valence-corrected chi connectivity index (χ2v) is 7.29. The van der Waals surface area contributed by atoms with E-state index < -0.39 is 0 Å². The van der Waals surface area contributed by atoms with Gasteiger partial charge >= 0.3 is 0 Å². The molecule has 4 rings (SSSR count). The number of primary amides is 1. The van der Waals surface area contributed by atoms with Crippen LogP contribution in [0.4, 0.5) is 0 Å². The van der Waals surface area contributed by atoms with E-state index in [2.05, 4.69) is 10.1 Å². The van der Waals surface area contributed by atoms with Crippen LogP contribution in [0.25, 0.3) is 16.8 Å². The van der Waals surface area contributed by atoms with Gasteiger partial charge in [0.2, 0.25) is 5.91 Å². The van der Waals surface area contributed by atoms with E-state index in [1.165, 1.54) is 0 Å². The van der Waals surface area contributed by atoms with Crippen molar-refractivity contribution in [3.8, 4) is 11.1 Å². The maximum absolute atomic E-state index is 13.0. The maximum atomic E-state index is 13.0. The number of carbonyl (C=O) groups excluding carboxylic acids is 2. The van der Waals surface area contributed by atoms with Crippen LogP contribution in [-0.4, -0.2) is 44.4 Å². The van der Waals surface area contributed by atoms with Crippen molar-refractivity contribution in [3.05, 3.63) is 53.5 Å². The quantitative estimate of drug-likeness (QED) is 0.758. The van der Waals surface area contributed by atoms with Crippen molar-refractivity contribution in [2.45, 2.75) is 26.7 Å². The molecule has 0 bridgehead atoms. The molecule has 28 heavy (non-hydrogen) atoms. The Labute approximate surface area is 163 Å². The Balaban J connectivity index is 1.68. The molecule has 0 saturated carbocycles. The molecule has 0 spiro atoms. The predicted octanol–water partition coefficient (Wildman–Crippen LogP) is 2.35. The lowest BCUT2D eigenvalue weighted by Crippen LogP contribution is -2.42. The minimum Gasteiger partial charge on any atom is -0.369 e. The van der Waals surface area contributed by atoms with Crippen molar-refractivity contribution in [3.63, 3.8) is 0 Å². The van der Waals surface area contributed by atoms with Crippen molar-refractivity contribution < 1.29 is 9.59 Å². The van der Waals surface area contributed by atoms with Gasteiger partial charge < -0.3 is 10.6 Å². The van der Waals surface area contributed by atoms with E-state index in [-0.39, 0.29) is 17.7 Å². The number of aryl methyl sites for hydroxylation is 2. The van der Waals surface area contributed by atoms with Gasteiger partial charge in [0.15, 0.2) is 5.65 Å². The van der Waals surface area contributed by atoms with Crippen molar-refractivity contribution in [2.24, 2.45) is 11.7 Å². The maximum Gasteiger partial charge on any atom is 0.257 e. The van der Waals surface area contributed by atoms with Gasteiger partial charge in [0, 0.05) is 30.8 Å². The summed E-state index contributed by atoms with van der Waals surface area (Å²) in [4.78, 5) is 30.7. The van der Waals surface area contributed by atoms with Crippen molar-refractivity contribution in [2.75, 3.05) is 13.1 Å². The zero-order valence-corrected chi connectivity index (χ0v) is 16.1. The number of rotatable bonds is 3. The largest absolute Gasteiger partial charge is 0.369 e. The molecule has 0 aliphatic carbocycles. The summed E-state index contributed by atoms with van der Waals surface area (Å²) >= 11 is 0. The molecule has 1 saturated heterocycles. The molecule has 0 unspecified atom stereocenters. The van der Waals surface area contributed by atoms with E-state index in [1.54, 1.807) is 15.6 Å². The van der Waals surface area contributed by atoms with Gasteiger partial charge in [-0.05, 0) is 32.3 Å². The molecule has 1 aliphatic rings. The van der Waals surface area contributed by atoms with Crippen LogP contribution < -0.4 is 5.73 Å². The number of amides is 2. The first-order valence-corrected chi connectivity index (χ1v) is 9.46. The Morgan fingerprint density at radius 2 is 1.79 bits per heavy atom. The lowest BCUT2D eigenvalue weighted by atomic mass is 9.96. The van der Waals surface area contributed by atoms with E-state index in [0.29, 0.717) is 31.5 Å². The second kappa shape index (κ2) is 7.07. The van der Waals surface area contributed by atoms with Crippen LogP contribution >= 0.6 is 0 Å². The SMILES string of the molecule is Cc1nn2c(C)c(C(=O)N3CCC(C(N)=O)CC3)cnc2c1-c1ccccc1. The van der Waals surface area contributed by atoms with Crippen molar-refractivity contribution >= 4 is 17.5 Å². The van der Waals surface area contributed by atoms with Gasteiger partial charge in [-0.15, -0.1) is 0 Å². The molecule has 7 nitrogen and oxygen atoms in total. The van der Waals surface area contributed by atoms with Gasteiger partial charge in [0.05, 0.1) is 17.0 Å². The summed E-state index contributed by atoms with van der Waals surface area (Å²) in [6, 6.07) is 10.0. The molecule has 0 atom stereocenters. The minimum absolute atomic E-state index is 0.0794. The van der Waals surface area contributed by atoms with Crippen LogP contribution in [0.5, 0.6) is 0 Å². The molecule has 0 radical (unpaired) electrons. The third-order valence-electron chi connectivity index (χ3n) is 5.54. The molecule has 2 aromatic heterocycles. The molecule has 3 heterocycles. The summed E-state index contributed by atoms with van der Waals surface area (Å²) < 4.78 is 1.75. The lowest BCUT2D eigenvalue weighted by molar-refractivity contribution is -0.123. The first-order chi connectivity index (χ1) is 13.5. The van der Waals surface area contributed by atoms with E-state index in [1.807, 2.05) is 44.2 Å². The van der Waals surface area contributed by atoms with Crippen molar-refractivity contribution in [1.82, 2.24) is 19.5 Å². The molecule has 3 aromatic rings. The van der Waals surface area contributed by atoms with Gasteiger partial charge in [-0.2, -0.15) is 5.10 Å². The Bertz CT molecular complexity index is 1050. The first kappa shape index (κ1) is 18.2. The average molecular weight is 377 g/mol. The van der Waals surface area contributed by atoms with E-state index in [4.69, 9.17) is 5.73 Å². The molecule has 144 valence electrons. The second-order valence-electron chi connectivity index (χ2n) is 7.29.